The molecule has 0 bridgehead atoms. The van der Waals surface area contributed by atoms with Crippen molar-refractivity contribution in [3.8, 4) is 17.5 Å². The number of nitrogens with zero attached hydrogens (tertiary/aromatic N) is 5. The van der Waals surface area contributed by atoms with Crippen LogP contribution in [0.3, 0.4) is 0 Å². The first-order chi connectivity index (χ1) is 13.4. The van der Waals surface area contributed by atoms with Crippen LogP contribution in [0.2, 0.25) is 0 Å². The Morgan fingerprint density at radius 2 is 2.21 bits per heavy atom. The van der Waals surface area contributed by atoms with Crippen LogP contribution in [-0.4, -0.2) is 60.8 Å². The maximum absolute atomic E-state index is 12.1. The molecule has 3 heterocycles. The van der Waals surface area contributed by atoms with Gasteiger partial charge in [0.25, 0.3) is 11.8 Å². The van der Waals surface area contributed by atoms with E-state index in [1.54, 1.807) is 31.3 Å². The largest absolute Gasteiger partial charge is 0.369 e. The molecule has 2 amide bonds. The van der Waals surface area contributed by atoms with Crippen LogP contribution in [-0.2, 0) is 4.79 Å². The average Bonchev–Trinajstić information content (AvgIpc) is 3.21. The van der Waals surface area contributed by atoms with Crippen molar-refractivity contribution < 1.29 is 14.7 Å². The van der Waals surface area contributed by atoms with Gasteiger partial charge in [-0.3, -0.25) is 9.59 Å². The van der Waals surface area contributed by atoms with Gasteiger partial charge in [0.05, 0.1) is 11.1 Å². The highest BCUT2D eigenvalue weighted by Gasteiger charge is 2.42. The SMILES string of the molecule is CN1CC[C@@](O)(C#Cc2cccc(-n3nc(C(N)=O)c4cncnc43)c2)C1=O. The van der Waals surface area contributed by atoms with Crippen molar-refractivity contribution in [1.82, 2.24) is 24.6 Å². The lowest BCUT2D eigenvalue weighted by Gasteiger charge is -2.13. The molecule has 3 N–H and O–H groups in total. The Morgan fingerprint density at radius 3 is 2.93 bits per heavy atom. The lowest BCUT2D eigenvalue weighted by Crippen LogP contribution is -2.37. The summed E-state index contributed by atoms with van der Waals surface area (Å²) in [6.07, 6.45) is 3.09. The van der Waals surface area contributed by atoms with E-state index in [9.17, 15) is 14.7 Å². The van der Waals surface area contributed by atoms with Gasteiger partial charge in [-0.25, -0.2) is 14.6 Å². The smallest absolute Gasteiger partial charge is 0.269 e. The first kappa shape index (κ1) is 17.6. The van der Waals surface area contributed by atoms with Gasteiger partial charge in [0, 0.05) is 31.8 Å². The number of benzene rings is 1. The number of amides is 2. The van der Waals surface area contributed by atoms with Gasteiger partial charge in [-0.15, -0.1) is 0 Å². The topological polar surface area (TPSA) is 127 Å². The minimum Gasteiger partial charge on any atom is -0.369 e. The predicted molar refractivity (Wildman–Crippen MR) is 99.3 cm³/mol. The van der Waals surface area contributed by atoms with Gasteiger partial charge in [0.15, 0.2) is 11.3 Å². The summed E-state index contributed by atoms with van der Waals surface area (Å²) in [7, 11) is 1.63. The molecular weight excluding hydrogens is 360 g/mol. The molecule has 4 rings (SSSR count). The highest BCUT2D eigenvalue weighted by Crippen LogP contribution is 2.22. The molecular formula is C19H16N6O3. The van der Waals surface area contributed by atoms with Crippen molar-refractivity contribution in [1.29, 1.82) is 0 Å². The number of carbonyl (C=O) groups is 2. The number of primary amides is 1. The van der Waals surface area contributed by atoms with Crippen LogP contribution in [0.4, 0.5) is 0 Å². The maximum atomic E-state index is 12.1. The number of carbonyl (C=O) groups excluding carboxylic acids is 2. The molecule has 2 aromatic heterocycles. The fourth-order valence-electron chi connectivity index (χ4n) is 3.08. The van der Waals surface area contributed by atoms with Gasteiger partial charge in [0.2, 0.25) is 5.60 Å². The predicted octanol–water partition coefficient (Wildman–Crippen LogP) is -0.141. The first-order valence-electron chi connectivity index (χ1n) is 8.49. The summed E-state index contributed by atoms with van der Waals surface area (Å²) in [6, 6.07) is 7.00. The summed E-state index contributed by atoms with van der Waals surface area (Å²) in [6.45, 7) is 0.457. The fourth-order valence-corrected chi connectivity index (χ4v) is 3.08. The summed E-state index contributed by atoms with van der Waals surface area (Å²) in [5.41, 5.74) is 5.41. The Balaban J connectivity index is 1.76. The molecule has 9 heteroatoms. The molecule has 140 valence electrons. The van der Waals surface area contributed by atoms with E-state index in [-0.39, 0.29) is 12.1 Å². The third kappa shape index (κ3) is 2.86. The van der Waals surface area contributed by atoms with Crippen LogP contribution >= 0.6 is 0 Å². The summed E-state index contributed by atoms with van der Waals surface area (Å²) >= 11 is 0. The zero-order valence-electron chi connectivity index (χ0n) is 15.0. The highest BCUT2D eigenvalue weighted by atomic mass is 16.3. The van der Waals surface area contributed by atoms with Crippen molar-refractivity contribution in [2.75, 3.05) is 13.6 Å². The minimum atomic E-state index is -1.67. The zero-order chi connectivity index (χ0) is 19.9. The summed E-state index contributed by atoms with van der Waals surface area (Å²) in [5, 5.41) is 15.1. The number of likely N-dealkylation sites (tertiary alicyclic amines) is 1. The molecule has 1 aliphatic rings. The Hall–Kier alpha value is -3.77. The Bertz CT molecular complexity index is 1180. The molecule has 0 aliphatic carbocycles. The molecule has 1 fully saturated rings. The summed E-state index contributed by atoms with van der Waals surface area (Å²) < 4.78 is 1.48. The molecule has 3 aromatic rings. The van der Waals surface area contributed by atoms with Crippen LogP contribution in [0.5, 0.6) is 0 Å². The second-order valence-corrected chi connectivity index (χ2v) is 6.52. The first-order valence-corrected chi connectivity index (χ1v) is 8.49. The number of aliphatic hydroxyl groups is 1. The molecule has 0 spiro atoms. The van der Waals surface area contributed by atoms with E-state index in [2.05, 4.69) is 26.9 Å². The number of nitrogens with two attached hydrogens (primary N) is 1. The molecule has 9 nitrogen and oxygen atoms in total. The van der Waals surface area contributed by atoms with Crippen LogP contribution in [0, 0.1) is 11.8 Å². The van der Waals surface area contributed by atoms with Crippen LogP contribution in [0.15, 0.2) is 36.8 Å². The fraction of sp³-hybridized carbons (Fsp3) is 0.211. The van der Waals surface area contributed by atoms with E-state index in [1.807, 2.05) is 0 Å². The Kier molecular flexibility index (Phi) is 4.05. The Labute approximate surface area is 159 Å². The van der Waals surface area contributed by atoms with Crippen molar-refractivity contribution in [3.05, 3.63) is 48.0 Å². The van der Waals surface area contributed by atoms with E-state index in [4.69, 9.17) is 5.73 Å². The monoisotopic (exact) mass is 376 g/mol. The lowest BCUT2D eigenvalue weighted by atomic mass is 10.0. The van der Waals surface area contributed by atoms with Gasteiger partial charge in [-0.1, -0.05) is 17.9 Å². The third-order valence-electron chi connectivity index (χ3n) is 4.59. The number of hydrogen-bond donors (Lipinski definition) is 2. The zero-order valence-corrected chi connectivity index (χ0v) is 15.0. The molecule has 1 aromatic carbocycles. The van der Waals surface area contributed by atoms with Crippen molar-refractivity contribution in [2.24, 2.45) is 5.73 Å². The third-order valence-corrected chi connectivity index (χ3v) is 4.59. The minimum absolute atomic E-state index is 0.0704. The summed E-state index contributed by atoms with van der Waals surface area (Å²) in [5.74, 6) is 4.45. The molecule has 0 unspecified atom stereocenters. The number of fused-ring (bicyclic) bond motifs is 1. The van der Waals surface area contributed by atoms with Crippen LogP contribution in [0.1, 0.15) is 22.5 Å². The van der Waals surface area contributed by atoms with Crippen molar-refractivity contribution in [3.63, 3.8) is 0 Å². The second-order valence-electron chi connectivity index (χ2n) is 6.52. The van der Waals surface area contributed by atoms with Crippen LogP contribution < -0.4 is 5.73 Å². The van der Waals surface area contributed by atoms with E-state index >= 15 is 0 Å². The molecule has 28 heavy (non-hydrogen) atoms. The van der Waals surface area contributed by atoms with Crippen molar-refractivity contribution in [2.45, 2.75) is 12.0 Å². The highest BCUT2D eigenvalue weighted by molar-refractivity contribution is 6.03. The second kappa shape index (κ2) is 6.44. The maximum Gasteiger partial charge on any atom is 0.269 e. The quantitative estimate of drug-likeness (QED) is 0.599. The molecule has 1 atom stereocenters. The number of hydrogen-bond acceptors (Lipinski definition) is 6. The van der Waals surface area contributed by atoms with Gasteiger partial charge in [0.1, 0.15) is 6.33 Å². The normalized spacial score (nSPS) is 18.9. The van der Waals surface area contributed by atoms with Gasteiger partial charge >= 0.3 is 0 Å². The molecule has 1 aliphatic heterocycles. The van der Waals surface area contributed by atoms with E-state index < -0.39 is 17.4 Å². The standard InChI is InChI=1S/C19H16N6O3/c1-24-8-7-19(28,18(24)27)6-5-12-3-2-4-13(9-12)25-17-14(10-21-11-22-17)15(23-25)16(20)26/h2-4,9-11,28H,7-8H2,1H3,(H2,20,26)/t19-/m0/s1. The van der Waals surface area contributed by atoms with Gasteiger partial charge in [-0.05, 0) is 18.2 Å². The number of likely N-dealkylation sites (N-methyl/N-ethyl adjacent to an activating group) is 1. The van der Waals surface area contributed by atoms with E-state index in [1.165, 1.54) is 22.1 Å². The Morgan fingerprint density at radius 1 is 1.39 bits per heavy atom. The van der Waals surface area contributed by atoms with E-state index in [0.29, 0.717) is 28.8 Å². The molecule has 0 radical (unpaired) electrons. The summed E-state index contributed by atoms with van der Waals surface area (Å²) in [4.78, 5) is 33.3. The molecule has 0 saturated carbocycles. The van der Waals surface area contributed by atoms with E-state index in [0.717, 1.165) is 0 Å². The van der Waals surface area contributed by atoms with Crippen LogP contribution in [0.25, 0.3) is 16.7 Å². The number of aromatic nitrogens is 4. The van der Waals surface area contributed by atoms with Crippen molar-refractivity contribution >= 4 is 22.8 Å². The van der Waals surface area contributed by atoms with Gasteiger partial charge < -0.3 is 15.7 Å². The average molecular weight is 376 g/mol. The lowest BCUT2D eigenvalue weighted by molar-refractivity contribution is -0.137. The number of rotatable bonds is 2. The van der Waals surface area contributed by atoms with Gasteiger partial charge in [-0.2, -0.15) is 5.10 Å². The molecule has 1 saturated heterocycles.